The van der Waals surface area contributed by atoms with E-state index in [-0.39, 0.29) is 18.0 Å². The first kappa shape index (κ1) is 17.0. The normalized spacial score (nSPS) is 22.2. The zero-order valence-electron chi connectivity index (χ0n) is 14.8. The maximum absolute atomic E-state index is 13.0. The molecule has 1 aromatic carbocycles. The van der Waals surface area contributed by atoms with Crippen LogP contribution in [0, 0.1) is 5.92 Å². The number of hydrogen-bond acceptors (Lipinski definition) is 3. The topological polar surface area (TPSA) is 66.6 Å². The van der Waals surface area contributed by atoms with Crippen molar-refractivity contribution < 1.29 is 9.59 Å². The number of nitrogens with two attached hydrogens (primary N) is 1. The van der Waals surface area contributed by atoms with Crippen molar-refractivity contribution >= 4 is 11.8 Å². The molecule has 1 fully saturated rings. The average Bonchev–Trinajstić information content (AvgIpc) is 2.79. The van der Waals surface area contributed by atoms with E-state index in [0.717, 1.165) is 38.0 Å². The van der Waals surface area contributed by atoms with Crippen molar-refractivity contribution in [2.75, 3.05) is 19.6 Å². The van der Waals surface area contributed by atoms with Crippen LogP contribution in [0.2, 0.25) is 0 Å². The predicted octanol–water partition coefficient (Wildman–Crippen LogP) is 2.42. The van der Waals surface area contributed by atoms with Crippen LogP contribution in [0.3, 0.4) is 0 Å². The molecule has 1 saturated heterocycles. The summed E-state index contributed by atoms with van der Waals surface area (Å²) >= 11 is 0. The largest absolute Gasteiger partial charge is 0.366 e. The molecule has 130 valence electrons. The molecule has 0 radical (unpaired) electrons. The fourth-order valence-electron chi connectivity index (χ4n) is 4.20. The Balaban J connectivity index is 1.79. The molecule has 0 aromatic heterocycles. The highest BCUT2D eigenvalue weighted by molar-refractivity contribution is 6.09. The summed E-state index contributed by atoms with van der Waals surface area (Å²) < 4.78 is 0. The lowest BCUT2D eigenvalue weighted by molar-refractivity contribution is 0.0507. The number of benzene rings is 1. The van der Waals surface area contributed by atoms with Gasteiger partial charge in [0.05, 0.1) is 17.2 Å². The fourth-order valence-corrected chi connectivity index (χ4v) is 4.20. The van der Waals surface area contributed by atoms with Gasteiger partial charge in [-0.1, -0.05) is 26.0 Å². The molecule has 0 spiro atoms. The standard InChI is InChI=1S/C19H27N3O2/c1-12(2)11-21-9-7-14(8-10-21)22-13(3)15-5-4-6-16(18(20)23)17(15)19(22)24/h4-6,12-14H,7-11H2,1-3H3,(H2,20,23). The highest BCUT2D eigenvalue weighted by atomic mass is 16.2. The van der Waals surface area contributed by atoms with Crippen LogP contribution in [0.25, 0.3) is 0 Å². The van der Waals surface area contributed by atoms with E-state index in [1.807, 2.05) is 17.0 Å². The van der Waals surface area contributed by atoms with Gasteiger partial charge in [-0.2, -0.15) is 0 Å². The zero-order chi connectivity index (χ0) is 17.4. The number of carbonyl (C=O) groups is 2. The Labute approximate surface area is 143 Å². The van der Waals surface area contributed by atoms with E-state index in [4.69, 9.17) is 5.73 Å². The first-order chi connectivity index (χ1) is 11.4. The molecule has 0 saturated carbocycles. The second-order valence-corrected chi connectivity index (χ2v) is 7.45. The summed E-state index contributed by atoms with van der Waals surface area (Å²) in [6, 6.07) is 5.66. The summed E-state index contributed by atoms with van der Waals surface area (Å²) in [6.07, 6.45) is 1.98. The lowest BCUT2D eigenvalue weighted by Gasteiger charge is -2.39. The molecule has 3 rings (SSSR count). The molecular weight excluding hydrogens is 302 g/mol. The molecule has 1 unspecified atom stereocenters. The van der Waals surface area contributed by atoms with Crippen LogP contribution in [0.1, 0.15) is 65.9 Å². The molecule has 1 aromatic rings. The number of piperidine rings is 1. The minimum absolute atomic E-state index is 0.00782. The van der Waals surface area contributed by atoms with Crippen molar-refractivity contribution in [2.24, 2.45) is 11.7 Å². The second kappa shape index (κ2) is 6.55. The Morgan fingerprint density at radius 3 is 2.54 bits per heavy atom. The van der Waals surface area contributed by atoms with E-state index in [1.54, 1.807) is 6.07 Å². The highest BCUT2D eigenvalue weighted by Gasteiger charge is 2.41. The number of primary amides is 1. The quantitative estimate of drug-likeness (QED) is 0.922. The number of amides is 2. The molecule has 2 aliphatic heterocycles. The average molecular weight is 329 g/mol. The van der Waals surface area contributed by atoms with Crippen LogP contribution < -0.4 is 5.73 Å². The number of fused-ring (bicyclic) bond motifs is 1. The minimum Gasteiger partial charge on any atom is -0.366 e. The third-order valence-corrected chi connectivity index (χ3v) is 5.25. The highest BCUT2D eigenvalue weighted by Crippen LogP contribution is 2.38. The molecule has 2 N–H and O–H groups in total. The lowest BCUT2D eigenvalue weighted by atomic mass is 9.99. The van der Waals surface area contributed by atoms with Crippen molar-refractivity contribution in [2.45, 2.75) is 45.7 Å². The summed E-state index contributed by atoms with van der Waals surface area (Å²) in [4.78, 5) is 29.1. The third-order valence-electron chi connectivity index (χ3n) is 5.25. The number of nitrogens with zero attached hydrogens (tertiary/aromatic N) is 2. The summed E-state index contributed by atoms with van der Waals surface area (Å²) in [7, 11) is 0. The van der Waals surface area contributed by atoms with E-state index in [2.05, 4.69) is 25.7 Å². The van der Waals surface area contributed by atoms with Gasteiger partial charge in [-0.25, -0.2) is 0 Å². The van der Waals surface area contributed by atoms with Gasteiger partial charge >= 0.3 is 0 Å². The Morgan fingerprint density at radius 2 is 1.96 bits per heavy atom. The SMILES string of the molecule is CC(C)CN1CCC(N2C(=O)c3c(C(N)=O)cccc3C2C)CC1. The molecule has 2 aliphatic rings. The van der Waals surface area contributed by atoms with Crippen molar-refractivity contribution in [3.63, 3.8) is 0 Å². The molecule has 24 heavy (non-hydrogen) atoms. The van der Waals surface area contributed by atoms with Crippen molar-refractivity contribution in [1.82, 2.24) is 9.80 Å². The van der Waals surface area contributed by atoms with Gasteiger partial charge in [0.15, 0.2) is 0 Å². The minimum atomic E-state index is -0.527. The lowest BCUT2D eigenvalue weighted by Crippen LogP contribution is -2.46. The van der Waals surface area contributed by atoms with Crippen LogP contribution in [0.5, 0.6) is 0 Å². The molecule has 0 bridgehead atoms. The van der Waals surface area contributed by atoms with Gasteiger partial charge < -0.3 is 15.5 Å². The van der Waals surface area contributed by atoms with Gasteiger partial charge in [-0.3, -0.25) is 9.59 Å². The third kappa shape index (κ3) is 2.93. The maximum Gasteiger partial charge on any atom is 0.255 e. The van der Waals surface area contributed by atoms with E-state index in [0.29, 0.717) is 17.0 Å². The maximum atomic E-state index is 13.0. The first-order valence-corrected chi connectivity index (χ1v) is 8.88. The van der Waals surface area contributed by atoms with Gasteiger partial charge in [-0.05, 0) is 37.3 Å². The van der Waals surface area contributed by atoms with E-state index < -0.39 is 5.91 Å². The van der Waals surface area contributed by atoms with Crippen LogP contribution in [-0.4, -0.2) is 47.3 Å². The molecule has 5 heteroatoms. The zero-order valence-corrected chi connectivity index (χ0v) is 14.8. The Morgan fingerprint density at radius 1 is 1.29 bits per heavy atom. The Hall–Kier alpha value is -1.88. The number of rotatable bonds is 4. The number of carbonyl (C=O) groups excluding carboxylic acids is 2. The van der Waals surface area contributed by atoms with E-state index in [9.17, 15) is 9.59 Å². The van der Waals surface area contributed by atoms with Crippen molar-refractivity contribution in [3.05, 3.63) is 34.9 Å². The monoisotopic (exact) mass is 329 g/mol. The Kier molecular flexibility index (Phi) is 4.63. The van der Waals surface area contributed by atoms with Gasteiger partial charge in [0, 0.05) is 25.7 Å². The van der Waals surface area contributed by atoms with Crippen LogP contribution in [-0.2, 0) is 0 Å². The van der Waals surface area contributed by atoms with E-state index >= 15 is 0 Å². The van der Waals surface area contributed by atoms with Crippen molar-refractivity contribution in [3.8, 4) is 0 Å². The van der Waals surface area contributed by atoms with Crippen molar-refractivity contribution in [1.29, 1.82) is 0 Å². The molecule has 2 heterocycles. The molecule has 2 amide bonds. The molecule has 5 nitrogen and oxygen atoms in total. The Bertz CT molecular complexity index is 648. The van der Waals surface area contributed by atoms with Gasteiger partial charge in [0.1, 0.15) is 0 Å². The second-order valence-electron chi connectivity index (χ2n) is 7.45. The molecular formula is C19H27N3O2. The van der Waals surface area contributed by atoms with Crippen LogP contribution in [0.4, 0.5) is 0 Å². The van der Waals surface area contributed by atoms with Crippen LogP contribution in [0.15, 0.2) is 18.2 Å². The summed E-state index contributed by atoms with van der Waals surface area (Å²) in [5, 5.41) is 0. The molecule has 0 aliphatic carbocycles. The van der Waals surface area contributed by atoms with Gasteiger partial charge in [0.2, 0.25) is 5.91 Å². The summed E-state index contributed by atoms with van der Waals surface area (Å²) in [5.41, 5.74) is 7.26. The number of likely N-dealkylation sites (tertiary alicyclic amines) is 1. The number of hydrogen-bond donors (Lipinski definition) is 1. The predicted molar refractivity (Wildman–Crippen MR) is 93.8 cm³/mol. The van der Waals surface area contributed by atoms with E-state index in [1.165, 1.54) is 0 Å². The first-order valence-electron chi connectivity index (χ1n) is 8.88. The molecule has 1 atom stereocenters. The van der Waals surface area contributed by atoms with Gasteiger partial charge in [0.25, 0.3) is 5.91 Å². The summed E-state index contributed by atoms with van der Waals surface area (Å²) in [5.74, 6) is 0.103. The van der Waals surface area contributed by atoms with Crippen LogP contribution >= 0.6 is 0 Å². The fraction of sp³-hybridized carbons (Fsp3) is 0.579. The smallest absolute Gasteiger partial charge is 0.255 e. The van der Waals surface area contributed by atoms with Gasteiger partial charge in [-0.15, -0.1) is 0 Å². The summed E-state index contributed by atoms with van der Waals surface area (Å²) in [6.45, 7) is 9.69.